The van der Waals surface area contributed by atoms with Crippen molar-refractivity contribution >= 4 is 32.5 Å². The Balaban J connectivity index is 2.18. The van der Waals surface area contributed by atoms with Crippen molar-refractivity contribution < 1.29 is 4.79 Å². The number of ketones is 1. The Bertz CT molecular complexity index is 849. The van der Waals surface area contributed by atoms with Gasteiger partial charge in [0, 0.05) is 15.6 Å². The molecule has 0 atom stereocenters. The minimum absolute atomic E-state index is 0.0619. The standard InChI is InChI=1S/C19H15BrO/c1-12-8-10-17(16-6-4-3-5-15(12)16)19(21)14-9-7-13(2)18(20)11-14/h3-11H,1-2H3. The van der Waals surface area contributed by atoms with Crippen LogP contribution in [0.25, 0.3) is 10.8 Å². The molecule has 21 heavy (non-hydrogen) atoms. The van der Waals surface area contributed by atoms with Gasteiger partial charge in [0.15, 0.2) is 5.78 Å². The third-order valence-electron chi connectivity index (χ3n) is 3.82. The molecule has 0 fully saturated rings. The molecule has 0 saturated heterocycles. The summed E-state index contributed by atoms with van der Waals surface area (Å²) in [6.45, 7) is 4.08. The first kappa shape index (κ1) is 14.0. The van der Waals surface area contributed by atoms with Crippen molar-refractivity contribution in [3.05, 3.63) is 81.3 Å². The van der Waals surface area contributed by atoms with E-state index in [4.69, 9.17) is 0 Å². The summed E-state index contributed by atoms with van der Waals surface area (Å²) < 4.78 is 0.963. The zero-order valence-electron chi connectivity index (χ0n) is 12.0. The second kappa shape index (κ2) is 5.45. The Morgan fingerprint density at radius 2 is 1.52 bits per heavy atom. The third kappa shape index (κ3) is 2.52. The molecule has 3 rings (SSSR count). The lowest BCUT2D eigenvalue weighted by Crippen LogP contribution is -2.03. The van der Waals surface area contributed by atoms with E-state index in [-0.39, 0.29) is 5.78 Å². The second-order valence-corrected chi connectivity index (χ2v) is 6.12. The number of carbonyl (C=O) groups excluding carboxylic acids is 1. The van der Waals surface area contributed by atoms with E-state index in [0.29, 0.717) is 5.56 Å². The summed E-state index contributed by atoms with van der Waals surface area (Å²) in [5, 5.41) is 2.15. The molecule has 0 unspecified atom stereocenters. The van der Waals surface area contributed by atoms with Crippen molar-refractivity contribution in [2.24, 2.45) is 0 Å². The van der Waals surface area contributed by atoms with Crippen LogP contribution < -0.4 is 0 Å². The van der Waals surface area contributed by atoms with Crippen molar-refractivity contribution in [2.45, 2.75) is 13.8 Å². The highest BCUT2D eigenvalue weighted by molar-refractivity contribution is 9.10. The minimum atomic E-state index is 0.0619. The molecular formula is C19H15BrO. The van der Waals surface area contributed by atoms with Crippen LogP contribution in [0.1, 0.15) is 27.0 Å². The SMILES string of the molecule is Cc1ccc(C(=O)c2ccc(C)c3ccccc23)cc1Br. The van der Waals surface area contributed by atoms with Crippen LogP contribution in [0.2, 0.25) is 0 Å². The molecule has 0 saturated carbocycles. The Hall–Kier alpha value is -1.93. The van der Waals surface area contributed by atoms with Gasteiger partial charge in [-0.1, -0.05) is 64.5 Å². The van der Waals surface area contributed by atoms with E-state index in [0.717, 1.165) is 26.4 Å². The molecule has 3 aromatic rings. The predicted molar refractivity (Wildman–Crippen MR) is 91.0 cm³/mol. The van der Waals surface area contributed by atoms with Crippen LogP contribution in [0, 0.1) is 13.8 Å². The lowest BCUT2D eigenvalue weighted by Gasteiger charge is -2.09. The first-order valence-corrected chi connectivity index (χ1v) is 7.66. The van der Waals surface area contributed by atoms with E-state index >= 15 is 0 Å². The molecule has 0 amide bonds. The zero-order valence-corrected chi connectivity index (χ0v) is 13.6. The van der Waals surface area contributed by atoms with Crippen LogP contribution in [-0.4, -0.2) is 5.78 Å². The van der Waals surface area contributed by atoms with Crippen LogP contribution in [0.15, 0.2) is 59.1 Å². The molecule has 0 aliphatic rings. The lowest BCUT2D eigenvalue weighted by molar-refractivity contribution is 0.104. The fourth-order valence-corrected chi connectivity index (χ4v) is 2.92. The molecule has 1 nitrogen and oxygen atoms in total. The van der Waals surface area contributed by atoms with Crippen LogP contribution in [0.4, 0.5) is 0 Å². The van der Waals surface area contributed by atoms with Crippen molar-refractivity contribution in [3.63, 3.8) is 0 Å². The first-order chi connectivity index (χ1) is 10.1. The van der Waals surface area contributed by atoms with Crippen molar-refractivity contribution in [3.8, 4) is 0 Å². The van der Waals surface area contributed by atoms with Crippen LogP contribution >= 0.6 is 15.9 Å². The zero-order chi connectivity index (χ0) is 15.0. The van der Waals surface area contributed by atoms with Gasteiger partial charge >= 0.3 is 0 Å². The number of hydrogen-bond donors (Lipinski definition) is 0. The van der Waals surface area contributed by atoms with Gasteiger partial charge in [0.2, 0.25) is 0 Å². The molecule has 0 aliphatic heterocycles. The summed E-state index contributed by atoms with van der Waals surface area (Å²) in [5.41, 5.74) is 3.78. The fraction of sp³-hybridized carbons (Fsp3) is 0.105. The van der Waals surface area contributed by atoms with E-state index in [2.05, 4.69) is 28.9 Å². The number of rotatable bonds is 2. The number of carbonyl (C=O) groups is 1. The Labute approximate surface area is 132 Å². The number of benzene rings is 3. The molecule has 0 spiro atoms. The number of aryl methyl sites for hydroxylation is 2. The molecule has 104 valence electrons. The summed E-state index contributed by atoms with van der Waals surface area (Å²) in [5.74, 6) is 0.0619. The lowest BCUT2D eigenvalue weighted by atomic mass is 9.94. The molecule has 0 N–H and O–H groups in total. The van der Waals surface area contributed by atoms with E-state index in [1.807, 2.05) is 55.5 Å². The van der Waals surface area contributed by atoms with Gasteiger partial charge in [-0.25, -0.2) is 0 Å². The normalized spacial score (nSPS) is 10.8. The maximum atomic E-state index is 12.8. The molecule has 0 bridgehead atoms. The van der Waals surface area contributed by atoms with Gasteiger partial charge in [0.05, 0.1) is 0 Å². The Morgan fingerprint density at radius 1 is 0.857 bits per heavy atom. The molecule has 0 heterocycles. The van der Waals surface area contributed by atoms with Gasteiger partial charge in [-0.2, -0.15) is 0 Å². The smallest absolute Gasteiger partial charge is 0.193 e. The van der Waals surface area contributed by atoms with Gasteiger partial charge in [-0.05, 0) is 41.8 Å². The fourth-order valence-electron chi connectivity index (χ4n) is 2.54. The Kier molecular flexibility index (Phi) is 3.64. The number of fused-ring (bicyclic) bond motifs is 1. The van der Waals surface area contributed by atoms with Gasteiger partial charge in [-0.3, -0.25) is 4.79 Å². The highest BCUT2D eigenvalue weighted by atomic mass is 79.9. The summed E-state index contributed by atoms with van der Waals surface area (Å²) in [6, 6.07) is 17.7. The molecule has 0 aliphatic carbocycles. The van der Waals surface area contributed by atoms with Crippen molar-refractivity contribution in [1.82, 2.24) is 0 Å². The molecule has 0 aromatic heterocycles. The average Bonchev–Trinajstić information content (AvgIpc) is 2.50. The molecule has 3 aromatic carbocycles. The van der Waals surface area contributed by atoms with E-state index in [1.54, 1.807) is 0 Å². The number of halogens is 1. The highest BCUT2D eigenvalue weighted by Gasteiger charge is 2.14. The van der Waals surface area contributed by atoms with E-state index < -0.39 is 0 Å². The van der Waals surface area contributed by atoms with Crippen LogP contribution in [0.5, 0.6) is 0 Å². The van der Waals surface area contributed by atoms with Gasteiger partial charge in [-0.15, -0.1) is 0 Å². The van der Waals surface area contributed by atoms with Crippen LogP contribution in [0.3, 0.4) is 0 Å². The maximum Gasteiger partial charge on any atom is 0.193 e. The largest absolute Gasteiger partial charge is 0.289 e. The minimum Gasteiger partial charge on any atom is -0.289 e. The van der Waals surface area contributed by atoms with Gasteiger partial charge in [0.1, 0.15) is 0 Å². The molecular weight excluding hydrogens is 324 g/mol. The molecule has 2 heteroatoms. The van der Waals surface area contributed by atoms with Crippen molar-refractivity contribution in [1.29, 1.82) is 0 Å². The topological polar surface area (TPSA) is 17.1 Å². The summed E-state index contributed by atoms with van der Waals surface area (Å²) in [4.78, 5) is 12.8. The van der Waals surface area contributed by atoms with Crippen LogP contribution in [-0.2, 0) is 0 Å². The van der Waals surface area contributed by atoms with Gasteiger partial charge in [0.25, 0.3) is 0 Å². The monoisotopic (exact) mass is 338 g/mol. The van der Waals surface area contributed by atoms with E-state index in [9.17, 15) is 4.79 Å². The number of hydrogen-bond acceptors (Lipinski definition) is 1. The second-order valence-electron chi connectivity index (χ2n) is 5.27. The quantitative estimate of drug-likeness (QED) is 0.568. The first-order valence-electron chi connectivity index (χ1n) is 6.87. The molecule has 0 radical (unpaired) electrons. The van der Waals surface area contributed by atoms with Crippen molar-refractivity contribution in [2.75, 3.05) is 0 Å². The maximum absolute atomic E-state index is 12.8. The van der Waals surface area contributed by atoms with E-state index in [1.165, 1.54) is 5.56 Å². The average molecular weight is 339 g/mol. The predicted octanol–water partition coefficient (Wildman–Crippen LogP) is 5.45. The Morgan fingerprint density at radius 3 is 2.24 bits per heavy atom. The summed E-state index contributed by atoms with van der Waals surface area (Å²) in [6.07, 6.45) is 0. The third-order valence-corrected chi connectivity index (χ3v) is 4.68. The highest BCUT2D eigenvalue weighted by Crippen LogP contribution is 2.26. The summed E-state index contributed by atoms with van der Waals surface area (Å²) >= 11 is 3.50. The summed E-state index contributed by atoms with van der Waals surface area (Å²) in [7, 11) is 0. The van der Waals surface area contributed by atoms with Gasteiger partial charge < -0.3 is 0 Å².